The zero-order valence-electron chi connectivity index (χ0n) is 11.6. The maximum atomic E-state index is 13.2. The van der Waals surface area contributed by atoms with Gasteiger partial charge in [-0.25, -0.2) is 8.78 Å². The van der Waals surface area contributed by atoms with Crippen molar-refractivity contribution in [3.63, 3.8) is 0 Å². The molecule has 1 N–H and O–H groups in total. The van der Waals surface area contributed by atoms with Crippen LogP contribution in [0, 0.1) is 11.6 Å². The van der Waals surface area contributed by atoms with Crippen molar-refractivity contribution in [2.24, 2.45) is 0 Å². The van der Waals surface area contributed by atoms with E-state index in [1.165, 1.54) is 31.4 Å². The second-order valence-electron chi connectivity index (χ2n) is 5.47. The molecule has 0 aliphatic carbocycles. The number of hydrogen-bond acceptors (Lipinski definition) is 2. The molecule has 1 aliphatic rings. The van der Waals surface area contributed by atoms with Crippen LogP contribution in [-0.4, -0.2) is 31.1 Å². The summed E-state index contributed by atoms with van der Waals surface area (Å²) in [6.07, 6.45) is 3.67. The topological polar surface area (TPSA) is 15.3 Å². The largest absolute Gasteiger partial charge is 0.313 e. The van der Waals surface area contributed by atoms with Gasteiger partial charge in [-0.3, -0.25) is 4.90 Å². The van der Waals surface area contributed by atoms with Crippen LogP contribution in [0.4, 0.5) is 8.78 Å². The van der Waals surface area contributed by atoms with Gasteiger partial charge >= 0.3 is 0 Å². The van der Waals surface area contributed by atoms with Crippen LogP contribution >= 0.6 is 0 Å². The van der Waals surface area contributed by atoms with E-state index in [-0.39, 0.29) is 6.04 Å². The Morgan fingerprint density at radius 3 is 2.53 bits per heavy atom. The minimum atomic E-state index is -0.508. The van der Waals surface area contributed by atoms with E-state index in [0.717, 1.165) is 19.2 Å². The van der Waals surface area contributed by atoms with E-state index >= 15 is 0 Å². The lowest BCUT2D eigenvalue weighted by Crippen LogP contribution is -2.43. The van der Waals surface area contributed by atoms with E-state index in [1.807, 2.05) is 14.0 Å². The molecule has 0 saturated carbocycles. The van der Waals surface area contributed by atoms with Gasteiger partial charge in [0.05, 0.1) is 0 Å². The summed E-state index contributed by atoms with van der Waals surface area (Å²) >= 11 is 0. The molecule has 0 radical (unpaired) electrons. The second kappa shape index (κ2) is 6.44. The third-order valence-corrected chi connectivity index (χ3v) is 3.95. The Labute approximate surface area is 113 Å². The number of piperidine rings is 1. The van der Waals surface area contributed by atoms with Gasteiger partial charge in [-0.1, -0.05) is 6.42 Å². The number of hydrogen-bond donors (Lipinski definition) is 1. The first kappa shape index (κ1) is 14.4. The van der Waals surface area contributed by atoms with Gasteiger partial charge in [0, 0.05) is 24.7 Å². The molecule has 4 heteroatoms. The van der Waals surface area contributed by atoms with Crippen molar-refractivity contribution in [2.75, 3.05) is 20.1 Å². The van der Waals surface area contributed by atoms with E-state index in [4.69, 9.17) is 0 Å². The molecule has 0 bridgehead atoms. The Morgan fingerprint density at radius 1 is 1.26 bits per heavy atom. The quantitative estimate of drug-likeness (QED) is 0.902. The van der Waals surface area contributed by atoms with Crippen molar-refractivity contribution >= 4 is 0 Å². The highest BCUT2D eigenvalue weighted by Crippen LogP contribution is 2.22. The Bertz CT molecular complexity index is 396. The highest BCUT2D eigenvalue weighted by molar-refractivity contribution is 5.21. The van der Waals surface area contributed by atoms with Crippen LogP contribution in [0.3, 0.4) is 0 Å². The fraction of sp³-hybridized carbons (Fsp3) is 0.600. The number of nitrogens with one attached hydrogen (secondary N) is 1. The third kappa shape index (κ3) is 3.98. The van der Waals surface area contributed by atoms with Crippen molar-refractivity contribution in [3.05, 3.63) is 35.4 Å². The first-order chi connectivity index (χ1) is 9.06. The summed E-state index contributed by atoms with van der Waals surface area (Å²) in [5, 5.41) is 3.49. The highest BCUT2D eigenvalue weighted by Gasteiger charge is 2.19. The van der Waals surface area contributed by atoms with E-state index in [2.05, 4.69) is 10.2 Å². The van der Waals surface area contributed by atoms with E-state index in [9.17, 15) is 8.78 Å². The summed E-state index contributed by atoms with van der Waals surface area (Å²) in [7, 11) is 2.00. The van der Waals surface area contributed by atoms with Crippen LogP contribution in [0.25, 0.3) is 0 Å². The van der Waals surface area contributed by atoms with Crippen LogP contribution in [0.5, 0.6) is 0 Å². The fourth-order valence-corrected chi connectivity index (χ4v) is 2.66. The minimum absolute atomic E-state index is 0.00827. The molecule has 2 nitrogen and oxygen atoms in total. The van der Waals surface area contributed by atoms with Gasteiger partial charge in [0.2, 0.25) is 0 Å². The molecule has 0 aromatic heterocycles. The zero-order valence-corrected chi connectivity index (χ0v) is 11.6. The van der Waals surface area contributed by atoms with Gasteiger partial charge in [0.25, 0.3) is 0 Å². The summed E-state index contributed by atoms with van der Waals surface area (Å²) in [5.74, 6) is -1.02. The molecule has 2 atom stereocenters. The predicted molar refractivity (Wildman–Crippen MR) is 73.0 cm³/mol. The Balaban J connectivity index is 1.99. The fourth-order valence-electron chi connectivity index (χ4n) is 2.66. The third-order valence-electron chi connectivity index (χ3n) is 3.95. The van der Waals surface area contributed by atoms with E-state index in [0.29, 0.717) is 11.6 Å². The summed E-state index contributed by atoms with van der Waals surface area (Å²) in [6.45, 7) is 3.96. The molecule has 1 aliphatic heterocycles. The molecular formula is C15H22F2N2. The van der Waals surface area contributed by atoms with Crippen molar-refractivity contribution < 1.29 is 8.78 Å². The molecule has 1 heterocycles. The lowest BCUT2D eigenvalue weighted by molar-refractivity contribution is 0.214. The van der Waals surface area contributed by atoms with Crippen LogP contribution < -0.4 is 5.32 Å². The van der Waals surface area contributed by atoms with Gasteiger partial charge in [0.1, 0.15) is 11.6 Å². The van der Waals surface area contributed by atoms with Crippen LogP contribution in [0.2, 0.25) is 0 Å². The minimum Gasteiger partial charge on any atom is -0.313 e. The maximum Gasteiger partial charge on any atom is 0.126 e. The van der Waals surface area contributed by atoms with Crippen molar-refractivity contribution in [1.29, 1.82) is 0 Å². The lowest BCUT2D eigenvalue weighted by atomic mass is 10.0. The molecule has 1 fully saturated rings. The molecule has 106 valence electrons. The zero-order chi connectivity index (χ0) is 13.8. The standard InChI is InChI=1S/C15H22F2N2/c1-11(12-7-13(16)9-14(17)8-12)19(2)10-15-5-3-4-6-18-15/h7-9,11,15,18H,3-6,10H2,1-2H3. The molecule has 1 aromatic rings. The highest BCUT2D eigenvalue weighted by atomic mass is 19.1. The van der Waals surface area contributed by atoms with E-state index < -0.39 is 11.6 Å². The normalized spacial score (nSPS) is 21.6. The molecule has 2 unspecified atom stereocenters. The molecule has 0 amide bonds. The van der Waals surface area contributed by atoms with Gasteiger partial charge in [-0.05, 0) is 51.1 Å². The number of benzene rings is 1. The SMILES string of the molecule is CC(c1cc(F)cc(F)c1)N(C)CC1CCCCN1. The first-order valence-electron chi connectivity index (χ1n) is 6.96. The average Bonchev–Trinajstić information content (AvgIpc) is 2.37. The van der Waals surface area contributed by atoms with Gasteiger partial charge < -0.3 is 5.32 Å². The molecule has 19 heavy (non-hydrogen) atoms. The van der Waals surface area contributed by atoms with Crippen LogP contribution in [0.1, 0.15) is 37.8 Å². The predicted octanol–water partition coefficient (Wildman–Crippen LogP) is 3.10. The number of rotatable bonds is 4. The van der Waals surface area contributed by atoms with Crippen LogP contribution in [-0.2, 0) is 0 Å². The Kier molecular flexibility index (Phi) is 4.88. The number of halogens is 2. The number of likely N-dealkylation sites (N-methyl/N-ethyl adjacent to an activating group) is 1. The van der Waals surface area contributed by atoms with Gasteiger partial charge in [0.15, 0.2) is 0 Å². The molecule has 1 saturated heterocycles. The summed E-state index contributed by atoms with van der Waals surface area (Å²) in [4.78, 5) is 2.15. The Hall–Kier alpha value is -1.00. The first-order valence-corrected chi connectivity index (χ1v) is 6.96. The van der Waals surface area contributed by atoms with Crippen molar-refractivity contribution in [2.45, 2.75) is 38.3 Å². The maximum absolute atomic E-state index is 13.2. The number of nitrogens with zero attached hydrogens (tertiary/aromatic N) is 1. The second-order valence-corrected chi connectivity index (χ2v) is 5.47. The molecule has 2 rings (SSSR count). The summed E-state index contributed by atoms with van der Waals surface area (Å²) in [6, 6.07) is 4.24. The summed E-state index contributed by atoms with van der Waals surface area (Å²) in [5.41, 5.74) is 0.691. The molecule has 0 spiro atoms. The van der Waals surface area contributed by atoms with Crippen molar-refractivity contribution in [3.8, 4) is 0 Å². The van der Waals surface area contributed by atoms with Gasteiger partial charge in [-0.2, -0.15) is 0 Å². The summed E-state index contributed by atoms with van der Waals surface area (Å²) < 4.78 is 26.5. The Morgan fingerprint density at radius 2 is 1.95 bits per heavy atom. The monoisotopic (exact) mass is 268 g/mol. The van der Waals surface area contributed by atoms with Crippen LogP contribution in [0.15, 0.2) is 18.2 Å². The molecular weight excluding hydrogens is 246 g/mol. The lowest BCUT2D eigenvalue weighted by Gasteiger charge is -2.32. The van der Waals surface area contributed by atoms with Crippen molar-refractivity contribution in [1.82, 2.24) is 10.2 Å². The average molecular weight is 268 g/mol. The smallest absolute Gasteiger partial charge is 0.126 e. The molecule has 1 aromatic carbocycles. The van der Waals surface area contributed by atoms with E-state index in [1.54, 1.807) is 0 Å². The van der Waals surface area contributed by atoms with Gasteiger partial charge in [-0.15, -0.1) is 0 Å².